The van der Waals surface area contributed by atoms with Crippen LogP contribution in [0.2, 0.25) is 0 Å². The molecule has 4 rings (SSSR count). The molecule has 2 aliphatic rings. The Morgan fingerprint density at radius 3 is 2.89 bits per heavy atom. The minimum atomic E-state index is -1.15. The van der Waals surface area contributed by atoms with Gasteiger partial charge in [-0.2, -0.15) is 5.26 Å². The number of rotatable bonds is 5. The van der Waals surface area contributed by atoms with Crippen LogP contribution in [-0.4, -0.2) is 56.0 Å². The van der Waals surface area contributed by atoms with Gasteiger partial charge in [-0.1, -0.05) is 0 Å². The highest BCUT2D eigenvalue weighted by Crippen LogP contribution is 2.67. The molecular weight excluding hydrogens is 348 g/mol. The molecule has 0 saturated heterocycles. The van der Waals surface area contributed by atoms with E-state index in [9.17, 15) is 20.3 Å². The van der Waals surface area contributed by atoms with E-state index in [0.717, 1.165) is 0 Å². The largest absolute Gasteiger partial charge is 0.389 e. The van der Waals surface area contributed by atoms with Crippen molar-refractivity contribution in [2.45, 2.75) is 38.5 Å². The number of carbonyl (C=O) groups is 1. The van der Waals surface area contributed by atoms with Crippen LogP contribution in [0.3, 0.4) is 0 Å². The zero-order chi connectivity index (χ0) is 19.3. The Bertz CT molecular complexity index is 950. The molecule has 2 saturated carbocycles. The van der Waals surface area contributed by atoms with Gasteiger partial charge in [-0.05, 0) is 20.3 Å². The smallest absolute Gasteiger partial charge is 0.229 e. The van der Waals surface area contributed by atoms with Gasteiger partial charge in [0.2, 0.25) is 5.91 Å². The summed E-state index contributed by atoms with van der Waals surface area (Å²) in [6.45, 7) is 4.88. The minimum absolute atomic E-state index is 0.207. The van der Waals surface area contributed by atoms with E-state index < -0.39 is 23.7 Å². The number of nitriles is 1. The molecule has 0 unspecified atom stereocenters. The van der Waals surface area contributed by atoms with Crippen molar-refractivity contribution in [1.82, 2.24) is 19.9 Å². The van der Waals surface area contributed by atoms with Gasteiger partial charge in [0.15, 0.2) is 5.65 Å². The normalized spacial score (nSPS) is 31.4. The molecule has 0 spiro atoms. The number of carbonyl (C=O) groups excluding carboxylic acids is 1. The zero-order valence-electron chi connectivity index (χ0n) is 15.2. The van der Waals surface area contributed by atoms with Gasteiger partial charge in [-0.15, -0.1) is 0 Å². The minimum Gasteiger partial charge on any atom is -0.389 e. The average Bonchev–Trinajstić information content (AvgIpc) is 3.20. The zero-order valence-corrected chi connectivity index (χ0v) is 15.2. The molecule has 0 aliphatic heterocycles. The fraction of sp³-hybridized carbons (Fsp3) is 0.556. The summed E-state index contributed by atoms with van der Waals surface area (Å²) in [5.41, 5.74) is 1.01. The van der Waals surface area contributed by atoms with Gasteiger partial charge in [-0.25, -0.2) is 9.97 Å². The number of hydrogen-bond donors (Lipinski definition) is 4. The Morgan fingerprint density at radius 2 is 2.22 bits per heavy atom. The number of aliphatic hydroxyl groups is 2. The van der Waals surface area contributed by atoms with E-state index >= 15 is 0 Å². The number of aromatic nitrogens is 3. The van der Waals surface area contributed by atoms with Crippen molar-refractivity contribution in [3.63, 3.8) is 0 Å². The second-order valence-electron chi connectivity index (χ2n) is 7.16. The van der Waals surface area contributed by atoms with Crippen molar-refractivity contribution in [1.29, 1.82) is 5.26 Å². The molecule has 5 atom stereocenters. The molecule has 2 fully saturated rings. The van der Waals surface area contributed by atoms with Crippen LogP contribution in [0.1, 0.15) is 32.0 Å². The van der Waals surface area contributed by atoms with E-state index in [1.54, 1.807) is 17.0 Å². The van der Waals surface area contributed by atoms with Gasteiger partial charge in [-0.3, -0.25) is 4.79 Å². The lowest BCUT2D eigenvalue weighted by Crippen LogP contribution is -2.42. The number of nitrogens with one attached hydrogen (secondary N) is 2. The number of nitrogens with zero attached hydrogens (tertiary/aromatic N) is 4. The maximum absolute atomic E-state index is 12.5. The topological polar surface area (TPSA) is 136 Å². The Balaban J connectivity index is 1.79. The summed E-state index contributed by atoms with van der Waals surface area (Å²) in [6.07, 6.45) is -0.200. The van der Waals surface area contributed by atoms with Crippen molar-refractivity contribution >= 4 is 22.8 Å². The third kappa shape index (κ3) is 2.33. The van der Waals surface area contributed by atoms with Gasteiger partial charge in [0.1, 0.15) is 23.4 Å². The molecule has 9 heteroatoms. The summed E-state index contributed by atoms with van der Waals surface area (Å²) in [6, 6.07) is 3.15. The molecule has 2 aliphatic carbocycles. The number of hydrogen-bond acceptors (Lipinski definition) is 7. The molecule has 0 bridgehead atoms. The highest BCUT2D eigenvalue weighted by molar-refractivity contribution is 5.89. The third-order valence-corrected chi connectivity index (χ3v) is 5.77. The first-order valence-corrected chi connectivity index (χ1v) is 9.15. The summed E-state index contributed by atoms with van der Waals surface area (Å²) < 4.78 is 1.70. The van der Waals surface area contributed by atoms with Gasteiger partial charge in [0, 0.05) is 25.1 Å². The molecule has 27 heavy (non-hydrogen) atoms. The molecule has 2 aromatic rings. The molecule has 2 heterocycles. The lowest BCUT2D eigenvalue weighted by Gasteiger charge is -2.23. The lowest BCUT2D eigenvalue weighted by molar-refractivity contribution is -0.132. The fourth-order valence-corrected chi connectivity index (χ4v) is 4.49. The van der Waals surface area contributed by atoms with Crippen LogP contribution in [0.25, 0.3) is 11.2 Å². The highest BCUT2D eigenvalue weighted by atomic mass is 16.3. The molecule has 4 N–H and O–H groups in total. The summed E-state index contributed by atoms with van der Waals surface area (Å²) in [5.74, 6) is -0.436. The molecule has 1 amide bonds. The van der Waals surface area contributed by atoms with E-state index in [1.165, 1.54) is 0 Å². The number of imidazole rings is 1. The predicted octanol–water partition coefficient (Wildman–Crippen LogP) is 0.154. The number of aliphatic hydroxyl groups excluding tert-OH is 2. The van der Waals surface area contributed by atoms with Crippen LogP contribution in [0.4, 0.5) is 5.69 Å². The monoisotopic (exact) mass is 370 g/mol. The van der Waals surface area contributed by atoms with E-state index in [2.05, 4.69) is 20.6 Å². The quantitative estimate of drug-likeness (QED) is 0.588. The Hall–Kier alpha value is -2.70. The SMILES string of the molecule is CCNC(=O)[C@]12C[C@@H]1[C@@H](n1cnc3c(NCC)cc(C#N)nc31)[C@H](O)[C@@H]2O. The molecule has 0 radical (unpaired) electrons. The van der Waals surface area contributed by atoms with E-state index in [0.29, 0.717) is 36.4 Å². The van der Waals surface area contributed by atoms with E-state index in [-0.39, 0.29) is 17.5 Å². The maximum Gasteiger partial charge on any atom is 0.229 e. The van der Waals surface area contributed by atoms with E-state index in [4.69, 9.17) is 0 Å². The lowest BCUT2D eigenvalue weighted by atomic mass is 9.98. The Morgan fingerprint density at radius 1 is 1.44 bits per heavy atom. The summed E-state index contributed by atoms with van der Waals surface area (Å²) in [4.78, 5) is 21.3. The third-order valence-electron chi connectivity index (χ3n) is 5.77. The average molecular weight is 370 g/mol. The Labute approximate surface area is 156 Å². The second kappa shape index (κ2) is 6.18. The van der Waals surface area contributed by atoms with E-state index in [1.807, 2.05) is 19.9 Å². The Kier molecular flexibility index (Phi) is 4.05. The van der Waals surface area contributed by atoms with Gasteiger partial charge in [0.05, 0.1) is 29.6 Å². The molecule has 0 aromatic carbocycles. The first kappa shape index (κ1) is 17.7. The first-order valence-electron chi connectivity index (χ1n) is 9.15. The predicted molar refractivity (Wildman–Crippen MR) is 96.7 cm³/mol. The molecular formula is C18H22N6O3. The molecule has 142 valence electrons. The summed E-state index contributed by atoms with van der Waals surface area (Å²) in [7, 11) is 0. The van der Waals surface area contributed by atoms with Crippen molar-refractivity contribution in [3.8, 4) is 6.07 Å². The van der Waals surface area contributed by atoms with Crippen molar-refractivity contribution < 1.29 is 15.0 Å². The van der Waals surface area contributed by atoms with Crippen LogP contribution in [0.15, 0.2) is 12.4 Å². The van der Waals surface area contributed by atoms with Gasteiger partial charge >= 0.3 is 0 Å². The maximum atomic E-state index is 12.5. The van der Waals surface area contributed by atoms with Gasteiger partial charge in [0.25, 0.3) is 0 Å². The number of anilines is 1. The van der Waals surface area contributed by atoms with Crippen LogP contribution < -0.4 is 10.6 Å². The van der Waals surface area contributed by atoms with Crippen molar-refractivity contribution in [2.24, 2.45) is 11.3 Å². The summed E-state index contributed by atoms with van der Waals surface area (Å²) in [5, 5.41) is 36.5. The number of fused-ring (bicyclic) bond motifs is 2. The van der Waals surface area contributed by atoms with Gasteiger partial charge < -0.3 is 25.4 Å². The highest BCUT2D eigenvalue weighted by Gasteiger charge is 2.75. The van der Waals surface area contributed by atoms with Crippen LogP contribution in [0, 0.1) is 22.7 Å². The standard InChI is InChI=1S/C18H22N6O3/c1-3-20-11-5-9(7-19)23-16-12(11)22-8-24(16)13-10-6-18(10,15(26)14(13)25)17(27)21-4-2/h5,8,10,13-15,25-26H,3-4,6H2,1-2H3,(H,20,23)(H,21,27)/t10-,13-,14+,15+,18-/m1/s1. The number of amides is 1. The van der Waals surface area contributed by atoms with Crippen LogP contribution in [-0.2, 0) is 4.79 Å². The summed E-state index contributed by atoms with van der Waals surface area (Å²) >= 11 is 0. The second-order valence-corrected chi connectivity index (χ2v) is 7.16. The van der Waals surface area contributed by atoms with Crippen LogP contribution in [0.5, 0.6) is 0 Å². The van der Waals surface area contributed by atoms with Crippen LogP contribution >= 0.6 is 0 Å². The molecule has 2 aromatic heterocycles. The number of pyridine rings is 1. The first-order chi connectivity index (χ1) is 13.0. The fourth-order valence-electron chi connectivity index (χ4n) is 4.49. The molecule has 9 nitrogen and oxygen atoms in total. The van der Waals surface area contributed by atoms with Crippen molar-refractivity contribution in [2.75, 3.05) is 18.4 Å². The van der Waals surface area contributed by atoms with Crippen molar-refractivity contribution in [3.05, 3.63) is 18.1 Å².